The monoisotopic (exact) mass is 181 g/mol. The second kappa shape index (κ2) is 4.45. The van der Waals surface area contributed by atoms with Crippen LogP contribution in [0.25, 0.3) is 0 Å². The van der Waals surface area contributed by atoms with Crippen molar-refractivity contribution in [3.05, 3.63) is 12.7 Å². The zero-order valence-electron chi connectivity index (χ0n) is 8.68. The molecule has 0 aromatic rings. The summed E-state index contributed by atoms with van der Waals surface area (Å²) in [6.45, 7) is 8.63. The molecule has 0 aromatic heterocycles. The smallest absolute Gasteiger partial charge is 0.183 e. The van der Waals surface area contributed by atoms with E-state index in [9.17, 15) is 0 Å². The van der Waals surface area contributed by atoms with Gasteiger partial charge in [-0.15, -0.1) is 6.58 Å². The summed E-state index contributed by atoms with van der Waals surface area (Å²) in [5.74, 6) is 0.939. The van der Waals surface area contributed by atoms with Gasteiger partial charge in [0.1, 0.15) is 6.61 Å². The first-order valence-electron chi connectivity index (χ1n) is 4.96. The summed E-state index contributed by atoms with van der Waals surface area (Å²) in [7, 11) is 0. The van der Waals surface area contributed by atoms with E-state index in [2.05, 4.69) is 25.4 Å². The Hall–Kier alpha value is -0.790. The predicted octanol–water partition coefficient (Wildman–Crippen LogP) is 2.94. The maximum absolute atomic E-state index is 5.47. The standard InChI is InChI=1S/C11H19NO/c1-4-5-6-7-8-10-12-11(2,3)9-13-10/h4H,1,5-9H2,2-3H3. The second-order valence-corrected chi connectivity index (χ2v) is 4.14. The first-order chi connectivity index (χ1) is 6.14. The van der Waals surface area contributed by atoms with Gasteiger partial charge < -0.3 is 4.74 Å². The van der Waals surface area contributed by atoms with Crippen LogP contribution in [0.15, 0.2) is 17.6 Å². The fourth-order valence-corrected chi connectivity index (χ4v) is 1.36. The Labute approximate surface area is 80.7 Å². The molecule has 0 aliphatic carbocycles. The van der Waals surface area contributed by atoms with Crippen molar-refractivity contribution in [3.63, 3.8) is 0 Å². The molecule has 2 heteroatoms. The quantitative estimate of drug-likeness (QED) is 0.472. The van der Waals surface area contributed by atoms with E-state index >= 15 is 0 Å². The molecule has 0 amide bonds. The van der Waals surface area contributed by atoms with E-state index in [-0.39, 0.29) is 5.54 Å². The number of hydrogen-bond acceptors (Lipinski definition) is 2. The van der Waals surface area contributed by atoms with Gasteiger partial charge in [0.2, 0.25) is 0 Å². The number of unbranched alkanes of at least 4 members (excludes halogenated alkanes) is 2. The molecular formula is C11H19NO. The van der Waals surface area contributed by atoms with Crippen LogP contribution < -0.4 is 0 Å². The first kappa shape index (κ1) is 10.3. The van der Waals surface area contributed by atoms with Crippen LogP contribution in [-0.4, -0.2) is 18.0 Å². The average molecular weight is 181 g/mol. The number of aliphatic imine (C=N–C) groups is 1. The molecule has 0 aromatic carbocycles. The molecule has 0 bridgehead atoms. The molecule has 1 aliphatic heterocycles. The lowest BCUT2D eigenvalue weighted by atomic mass is 10.1. The maximum Gasteiger partial charge on any atom is 0.183 e. The molecule has 1 heterocycles. The van der Waals surface area contributed by atoms with Gasteiger partial charge in [0.25, 0.3) is 0 Å². The van der Waals surface area contributed by atoms with Crippen molar-refractivity contribution in [2.24, 2.45) is 4.99 Å². The van der Waals surface area contributed by atoms with E-state index in [1.807, 2.05) is 6.08 Å². The van der Waals surface area contributed by atoms with Gasteiger partial charge in [-0.25, -0.2) is 4.99 Å². The van der Waals surface area contributed by atoms with E-state index in [1.165, 1.54) is 6.42 Å². The highest BCUT2D eigenvalue weighted by molar-refractivity contribution is 5.78. The highest BCUT2D eigenvalue weighted by Gasteiger charge is 2.25. The third-order valence-electron chi connectivity index (χ3n) is 2.07. The van der Waals surface area contributed by atoms with Crippen LogP contribution in [-0.2, 0) is 4.74 Å². The van der Waals surface area contributed by atoms with Crippen molar-refractivity contribution in [1.29, 1.82) is 0 Å². The second-order valence-electron chi connectivity index (χ2n) is 4.14. The average Bonchev–Trinajstić information content (AvgIpc) is 2.40. The minimum absolute atomic E-state index is 0.00771. The topological polar surface area (TPSA) is 21.6 Å². The Morgan fingerprint density at radius 1 is 1.54 bits per heavy atom. The van der Waals surface area contributed by atoms with Crippen molar-refractivity contribution in [2.75, 3.05) is 6.61 Å². The van der Waals surface area contributed by atoms with Crippen molar-refractivity contribution in [1.82, 2.24) is 0 Å². The van der Waals surface area contributed by atoms with Crippen molar-refractivity contribution >= 4 is 5.90 Å². The van der Waals surface area contributed by atoms with Gasteiger partial charge in [0.05, 0.1) is 5.54 Å². The number of nitrogens with zero attached hydrogens (tertiary/aromatic N) is 1. The fraction of sp³-hybridized carbons (Fsp3) is 0.727. The van der Waals surface area contributed by atoms with Gasteiger partial charge in [-0.3, -0.25) is 0 Å². The largest absolute Gasteiger partial charge is 0.478 e. The van der Waals surface area contributed by atoms with E-state index < -0.39 is 0 Å². The van der Waals surface area contributed by atoms with E-state index in [1.54, 1.807) is 0 Å². The molecule has 0 unspecified atom stereocenters. The van der Waals surface area contributed by atoms with Crippen molar-refractivity contribution in [2.45, 2.75) is 45.1 Å². The van der Waals surface area contributed by atoms with Crippen molar-refractivity contribution < 1.29 is 4.74 Å². The van der Waals surface area contributed by atoms with Crippen molar-refractivity contribution in [3.8, 4) is 0 Å². The maximum atomic E-state index is 5.47. The SMILES string of the molecule is C=CCCCCC1=NC(C)(C)CO1. The molecule has 0 saturated heterocycles. The summed E-state index contributed by atoms with van der Waals surface area (Å²) < 4.78 is 5.47. The molecule has 0 atom stereocenters. The zero-order chi connectivity index (χ0) is 9.73. The van der Waals surface area contributed by atoms with Crippen LogP contribution in [0.1, 0.15) is 39.5 Å². The van der Waals surface area contributed by atoms with Crippen LogP contribution >= 0.6 is 0 Å². The summed E-state index contributed by atoms with van der Waals surface area (Å²) in [6, 6.07) is 0. The molecule has 13 heavy (non-hydrogen) atoms. The summed E-state index contributed by atoms with van der Waals surface area (Å²) in [6.07, 6.45) is 6.38. The molecule has 1 aliphatic rings. The Bertz CT molecular complexity index is 206. The molecule has 0 fully saturated rings. The highest BCUT2D eigenvalue weighted by atomic mass is 16.5. The summed E-state index contributed by atoms with van der Waals surface area (Å²) >= 11 is 0. The molecular weight excluding hydrogens is 162 g/mol. The number of ether oxygens (including phenoxy) is 1. The van der Waals surface area contributed by atoms with E-state index in [0.717, 1.165) is 31.8 Å². The number of rotatable bonds is 5. The van der Waals surface area contributed by atoms with E-state index in [0.29, 0.717) is 0 Å². The van der Waals surface area contributed by atoms with E-state index in [4.69, 9.17) is 4.74 Å². The van der Waals surface area contributed by atoms with Crippen LogP contribution in [0.5, 0.6) is 0 Å². The third-order valence-corrected chi connectivity index (χ3v) is 2.07. The molecule has 1 rings (SSSR count). The van der Waals surface area contributed by atoms with Crippen LogP contribution in [0.2, 0.25) is 0 Å². The van der Waals surface area contributed by atoms with Crippen LogP contribution in [0.4, 0.5) is 0 Å². The normalized spacial score (nSPS) is 19.4. The lowest BCUT2D eigenvalue weighted by Crippen LogP contribution is -2.17. The summed E-state index contributed by atoms with van der Waals surface area (Å²) in [4.78, 5) is 4.49. The summed E-state index contributed by atoms with van der Waals surface area (Å²) in [5.41, 5.74) is 0.00771. The first-order valence-corrected chi connectivity index (χ1v) is 4.96. The van der Waals surface area contributed by atoms with Gasteiger partial charge in [0.15, 0.2) is 5.90 Å². The minimum atomic E-state index is 0.00771. The van der Waals surface area contributed by atoms with Crippen LogP contribution in [0, 0.1) is 0 Å². The Morgan fingerprint density at radius 3 is 2.85 bits per heavy atom. The van der Waals surface area contributed by atoms with Gasteiger partial charge >= 0.3 is 0 Å². The Balaban J connectivity index is 2.19. The fourth-order valence-electron chi connectivity index (χ4n) is 1.36. The lowest BCUT2D eigenvalue weighted by molar-refractivity contribution is 0.273. The Morgan fingerprint density at radius 2 is 2.31 bits per heavy atom. The Kier molecular flexibility index (Phi) is 3.52. The molecule has 2 nitrogen and oxygen atoms in total. The number of hydrogen-bond donors (Lipinski definition) is 0. The third kappa shape index (κ3) is 3.62. The van der Waals surface area contributed by atoms with Gasteiger partial charge in [0, 0.05) is 6.42 Å². The predicted molar refractivity (Wildman–Crippen MR) is 56.1 cm³/mol. The molecule has 0 spiro atoms. The molecule has 74 valence electrons. The summed E-state index contributed by atoms with van der Waals surface area (Å²) in [5, 5.41) is 0. The van der Waals surface area contributed by atoms with Gasteiger partial charge in [-0.1, -0.05) is 6.08 Å². The van der Waals surface area contributed by atoms with Crippen LogP contribution in [0.3, 0.4) is 0 Å². The lowest BCUT2D eigenvalue weighted by Gasteiger charge is -2.07. The highest BCUT2D eigenvalue weighted by Crippen LogP contribution is 2.19. The van der Waals surface area contributed by atoms with Gasteiger partial charge in [-0.2, -0.15) is 0 Å². The zero-order valence-corrected chi connectivity index (χ0v) is 8.68. The molecule has 0 N–H and O–H groups in total. The minimum Gasteiger partial charge on any atom is -0.478 e. The van der Waals surface area contributed by atoms with Gasteiger partial charge in [-0.05, 0) is 33.1 Å². The molecule has 0 saturated carbocycles. The molecule has 0 radical (unpaired) electrons. The number of allylic oxidation sites excluding steroid dienone is 1.